The van der Waals surface area contributed by atoms with Gasteiger partial charge in [-0.3, -0.25) is 9.67 Å². The highest BCUT2D eigenvalue weighted by Crippen LogP contribution is 2.21. The molecule has 1 aliphatic rings. The Labute approximate surface area is 172 Å². The van der Waals surface area contributed by atoms with Crippen molar-refractivity contribution in [2.75, 3.05) is 33.3 Å². The standard InChI is InChI=1S/C19H27N5O.HI/c1-15-4-6-16(7-5-15)8-9-21-19(20-2)24-10-11-25-18(14-24)17-12-22-23(3)13-17;/h4-7,12-13,18H,8-11,14H2,1-3H3,(H,20,21);1H. The number of aliphatic imine (C=N–C) groups is 1. The number of hydrogen-bond acceptors (Lipinski definition) is 3. The van der Waals surface area contributed by atoms with E-state index < -0.39 is 0 Å². The number of ether oxygens (including phenoxy) is 1. The molecule has 1 N–H and O–H groups in total. The van der Waals surface area contributed by atoms with E-state index in [9.17, 15) is 0 Å². The first-order chi connectivity index (χ1) is 12.2. The van der Waals surface area contributed by atoms with Crippen LogP contribution in [0.15, 0.2) is 41.7 Å². The van der Waals surface area contributed by atoms with Crippen molar-refractivity contribution in [3.05, 3.63) is 53.3 Å². The molecule has 1 unspecified atom stereocenters. The number of guanidine groups is 1. The molecule has 2 heterocycles. The van der Waals surface area contributed by atoms with Gasteiger partial charge in [0.1, 0.15) is 6.10 Å². The van der Waals surface area contributed by atoms with Gasteiger partial charge in [0.25, 0.3) is 0 Å². The molecular weight excluding hydrogens is 441 g/mol. The molecule has 0 saturated carbocycles. The summed E-state index contributed by atoms with van der Waals surface area (Å²) in [7, 11) is 3.76. The summed E-state index contributed by atoms with van der Waals surface area (Å²) in [6, 6.07) is 8.69. The molecular formula is C19H28IN5O. The van der Waals surface area contributed by atoms with Crippen molar-refractivity contribution in [2.24, 2.45) is 12.0 Å². The summed E-state index contributed by atoms with van der Waals surface area (Å²) in [5.41, 5.74) is 3.74. The average molecular weight is 469 g/mol. The average Bonchev–Trinajstić information content (AvgIpc) is 3.07. The molecule has 0 spiro atoms. The molecule has 2 aromatic rings. The topological polar surface area (TPSA) is 54.7 Å². The molecule has 1 aromatic heterocycles. The second kappa shape index (κ2) is 9.91. The Hall–Kier alpha value is -1.61. The number of nitrogens with zero attached hydrogens (tertiary/aromatic N) is 4. The number of benzene rings is 1. The second-order valence-electron chi connectivity index (χ2n) is 6.46. The second-order valence-corrected chi connectivity index (χ2v) is 6.46. The molecule has 1 fully saturated rings. The van der Waals surface area contributed by atoms with Crippen LogP contribution in [0.25, 0.3) is 0 Å². The minimum atomic E-state index is 0. The van der Waals surface area contributed by atoms with Crippen LogP contribution in [0.1, 0.15) is 22.8 Å². The smallest absolute Gasteiger partial charge is 0.193 e. The molecule has 7 heteroatoms. The van der Waals surface area contributed by atoms with Gasteiger partial charge in [-0.1, -0.05) is 29.8 Å². The normalized spacial score (nSPS) is 17.7. The maximum Gasteiger partial charge on any atom is 0.193 e. The van der Waals surface area contributed by atoms with Gasteiger partial charge >= 0.3 is 0 Å². The van der Waals surface area contributed by atoms with Crippen LogP contribution >= 0.6 is 24.0 Å². The quantitative estimate of drug-likeness (QED) is 0.425. The highest BCUT2D eigenvalue weighted by molar-refractivity contribution is 14.0. The maximum atomic E-state index is 5.91. The van der Waals surface area contributed by atoms with Gasteiger partial charge in [0.15, 0.2) is 5.96 Å². The number of nitrogens with one attached hydrogen (secondary N) is 1. The van der Waals surface area contributed by atoms with Gasteiger partial charge in [-0.25, -0.2) is 0 Å². The monoisotopic (exact) mass is 469 g/mol. The van der Waals surface area contributed by atoms with E-state index in [0.29, 0.717) is 6.61 Å². The van der Waals surface area contributed by atoms with Gasteiger partial charge < -0.3 is 15.0 Å². The Bertz CT molecular complexity index is 713. The summed E-state index contributed by atoms with van der Waals surface area (Å²) in [5, 5.41) is 7.72. The summed E-state index contributed by atoms with van der Waals surface area (Å²) in [4.78, 5) is 6.71. The lowest BCUT2D eigenvalue weighted by atomic mass is 10.1. The molecule has 3 rings (SSSR count). The summed E-state index contributed by atoms with van der Waals surface area (Å²) >= 11 is 0. The van der Waals surface area contributed by atoms with Crippen molar-refractivity contribution in [1.82, 2.24) is 20.0 Å². The fourth-order valence-corrected chi connectivity index (χ4v) is 3.06. The lowest BCUT2D eigenvalue weighted by molar-refractivity contribution is -0.00800. The summed E-state index contributed by atoms with van der Waals surface area (Å²) in [5.74, 6) is 0.935. The largest absolute Gasteiger partial charge is 0.370 e. The summed E-state index contributed by atoms with van der Waals surface area (Å²) in [6.45, 7) is 5.31. The Balaban J connectivity index is 0.00000243. The van der Waals surface area contributed by atoms with Crippen molar-refractivity contribution >= 4 is 29.9 Å². The van der Waals surface area contributed by atoms with E-state index in [1.165, 1.54) is 11.1 Å². The van der Waals surface area contributed by atoms with Crippen LogP contribution in [-0.2, 0) is 18.2 Å². The van der Waals surface area contributed by atoms with E-state index >= 15 is 0 Å². The molecule has 6 nitrogen and oxygen atoms in total. The van der Waals surface area contributed by atoms with Gasteiger partial charge in [0.05, 0.1) is 19.3 Å². The molecule has 0 bridgehead atoms. The van der Waals surface area contributed by atoms with E-state index in [0.717, 1.165) is 37.6 Å². The first kappa shape index (κ1) is 20.7. The Morgan fingerprint density at radius 1 is 1.35 bits per heavy atom. The third kappa shape index (κ3) is 5.44. The molecule has 142 valence electrons. The predicted molar refractivity (Wildman–Crippen MR) is 115 cm³/mol. The minimum absolute atomic E-state index is 0. The minimum Gasteiger partial charge on any atom is -0.370 e. The SMILES string of the molecule is CN=C(NCCc1ccc(C)cc1)N1CCOC(c2cnn(C)c2)C1.I. The maximum absolute atomic E-state index is 5.91. The third-order valence-corrected chi connectivity index (χ3v) is 4.49. The Morgan fingerprint density at radius 2 is 2.12 bits per heavy atom. The summed E-state index contributed by atoms with van der Waals surface area (Å²) < 4.78 is 7.72. The van der Waals surface area contributed by atoms with Crippen LogP contribution in [0.4, 0.5) is 0 Å². The molecule has 0 aliphatic carbocycles. The fourth-order valence-electron chi connectivity index (χ4n) is 3.06. The van der Waals surface area contributed by atoms with Crippen molar-refractivity contribution in [2.45, 2.75) is 19.4 Å². The van der Waals surface area contributed by atoms with Crippen LogP contribution in [0.3, 0.4) is 0 Å². The van der Waals surface area contributed by atoms with Crippen molar-refractivity contribution < 1.29 is 4.74 Å². The van der Waals surface area contributed by atoms with E-state index in [1.807, 2.05) is 31.2 Å². The molecule has 1 saturated heterocycles. The van der Waals surface area contributed by atoms with E-state index in [1.54, 1.807) is 0 Å². The highest BCUT2D eigenvalue weighted by atomic mass is 127. The number of hydrogen-bond donors (Lipinski definition) is 1. The number of morpholine rings is 1. The Morgan fingerprint density at radius 3 is 2.77 bits per heavy atom. The Kier molecular flexibility index (Phi) is 7.89. The van der Waals surface area contributed by atoms with E-state index in [2.05, 4.69) is 51.5 Å². The number of aryl methyl sites for hydroxylation is 2. The molecule has 0 amide bonds. The zero-order valence-corrected chi connectivity index (χ0v) is 18.0. The van der Waals surface area contributed by atoms with Crippen LogP contribution in [0.2, 0.25) is 0 Å². The lowest BCUT2D eigenvalue weighted by Crippen LogP contribution is -2.48. The van der Waals surface area contributed by atoms with Crippen molar-refractivity contribution in [1.29, 1.82) is 0 Å². The fraction of sp³-hybridized carbons (Fsp3) is 0.474. The van der Waals surface area contributed by atoms with Crippen LogP contribution < -0.4 is 5.32 Å². The van der Waals surface area contributed by atoms with Crippen molar-refractivity contribution in [3.63, 3.8) is 0 Å². The van der Waals surface area contributed by atoms with Gasteiger partial charge in [-0.05, 0) is 18.9 Å². The molecule has 1 aliphatic heterocycles. The first-order valence-corrected chi connectivity index (χ1v) is 8.77. The van der Waals surface area contributed by atoms with Crippen LogP contribution in [0.5, 0.6) is 0 Å². The molecule has 1 atom stereocenters. The van der Waals surface area contributed by atoms with Crippen molar-refractivity contribution in [3.8, 4) is 0 Å². The zero-order valence-electron chi connectivity index (χ0n) is 15.7. The van der Waals surface area contributed by atoms with Crippen LogP contribution in [-0.4, -0.2) is 53.9 Å². The number of rotatable bonds is 4. The number of aromatic nitrogens is 2. The van der Waals surface area contributed by atoms with Gasteiger partial charge in [-0.15, -0.1) is 24.0 Å². The van der Waals surface area contributed by atoms with Crippen LogP contribution in [0, 0.1) is 6.92 Å². The van der Waals surface area contributed by atoms with Gasteiger partial charge in [-0.2, -0.15) is 5.10 Å². The zero-order chi connectivity index (χ0) is 17.6. The van der Waals surface area contributed by atoms with Gasteiger partial charge in [0.2, 0.25) is 0 Å². The first-order valence-electron chi connectivity index (χ1n) is 8.77. The predicted octanol–water partition coefficient (Wildman–Crippen LogP) is 2.54. The third-order valence-electron chi connectivity index (χ3n) is 4.49. The van der Waals surface area contributed by atoms with E-state index in [-0.39, 0.29) is 30.1 Å². The van der Waals surface area contributed by atoms with E-state index in [4.69, 9.17) is 4.74 Å². The number of halogens is 1. The molecule has 26 heavy (non-hydrogen) atoms. The summed E-state index contributed by atoms with van der Waals surface area (Å²) in [6.07, 6.45) is 4.91. The molecule has 1 aromatic carbocycles. The lowest BCUT2D eigenvalue weighted by Gasteiger charge is -2.34. The highest BCUT2D eigenvalue weighted by Gasteiger charge is 2.24. The molecule has 0 radical (unpaired) electrons. The van der Waals surface area contributed by atoms with Gasteiger partial charge in [0, 0.05) is 38.9 Å².